The van der Waals surface area contributed by atoms with Crippen molar-refractivity contribution in [2.45, 2.75) is 330 Å². The lowest BCUT2D eigenvalue weighted by atomic mass is 9.96. The standard InChI is InChI=1S/C85H137NO18/c1-3-5-7-9-11-13-15-17-19-21-23-25-26-27-28-29-30-31-32-33-34-35-36-37-38-39-40-41-42-43-45-47-49-51-53-55-57-59-61-63-73(91)86-68(69(90)62-60-58-56-54-52-50-48-46-44-24-22-20-18-16-14-12-10-8-6-4-2)67-99-83-79(97)76(94)81(71(65-88)101-83)104-85-80(98)77(95)82(72(66-89)102-85)103-84-78(96)75(93)74(92)70(64-87)100-84/h5,7,11,13,17,19,23,25,27-28,30-31,33-34,36-37,39-40,42-44,46-47,49,52,54,60,62,68-72,74-85,87-90,92-98H,3-4,6,8-10,12,14-16,18,20-22,24,26,29,32,35,38,41,45,48,50-51,53,55-59,61,63-67H2,1-2H3,(H,86,91)/b7-5-,13-11-,19-17-,25-23-,28-27-,31-30-,34-33-,37-36-,40-39-,43-42-,46-44+,49-47-,54-52+,62-60+. The maximum atomic E-state index is 13.4. The van der Waals surface area contributed by atoms with E-state index in [0.717, 1.165) is 128 Å². The van der Waals surface area contributed by atoms with Crippen LogP contribution in [0.4, 0.5) is 0 Å². The molecule has 0 aromatic carbocycles. The number of nitrogens with one attached hydrogen (secondary N) is 1. The molecule has 590 valence electrons. The molecular weight excluding hydrogens is 1320 g/mol. The van der Waals surface area contributed by atoms with Crippen molar-refractivity contribution in [1.29, 1.82) is 0 Å². The molecule has 0 bridgehead atoms. The van der Waals surface area contributed by atoms with E-state index in [4.69, 9.17) is 28.4 Å². The van der Waals surface area contributed by atoms with E-state index in [9.17, 15) is 61.0 Å². The second-order valence-electron chi connectivity index (χ2n) is 27.1. The molecule has 1 amide bonds. The molecule has 3 saturated heterocycles. The summed E-state index contributed by atoms with van der Waals surface area (Å²) in [4.78, 5) is 13.4. The number of carbonyl (C=O) groups excluding carboxylic acids is 1. The Hall–Kier alpha value is -4.85. The van der Waals surface area contributed by atoms with Crippen LogP contribution in [0, 0.1) is 0 Å². The van der Waals surface area contributed by atoms with Gasteiger partial charge in [0.15, 0.2) is 18.9 Å². The van der Waals surface area contributed by atoms with Crippen molar-refractivity contribution in [1.82, 2.24) is 5.32 Å². The first-order valence-corrected chi connectivity index (χ1v) is 39.4. The van der Waals surface area contributed by atoms with E-state index in [1.54, 1.807) is 6.08 Å². The van der Waals surface area contributed by atoms with Crippen LogP contribution in [-0.2, 0) is 33.2 Å². The lowest BCUT2D eigenvalue weighted by Crippen LogP contribution is -2.66. The van der Waals surface area contributed by atoms with Gasteiger partial charge in [0.2, 0.25) is 5.91 Å². The van der Waals surface area contributed by atoms with E-state index in [0.29, 0.717) is 12.8 Å². The molecule has 12 N–H and O–H groups in total. The van der Waals surface area contributed by atoms with Crippen molar-refractivity contribution in [3.8, 4) is 0 Å². The fourth-order valence-electron chi connectivity index (χ4n) is 11.9. The Morgan fingerprint density at radius 3 is 1.08 bits per heavy atom. The zero-order valence-corrected chi connectivity index (χ0v) is 62.9. The van der Waals surface area contributed by atoms with Crippen molar-refractivity contribution in [2.24, 2.45) is 0 Å². The molecular formula is C85H137NO18. The Morgan fingerprint density at radius 1 is 0.356 bits per heavy atom. The number of amides is 1. The summed E-state index contributed by atoms with van der Waals surface area (Å²) in [7, 11) is 0. The van der Waals surface area contributed by atoms with Gasteiger partial charge in [-0.25, -0.2) is 0 Å². The van der Waals surface area contributed by atoms with Crippen LogP contribution in [0.5, 0.6) is 0 Å². The molecule has 0 spiro atoms. The molecule has 17 unspecified atom stereocenters. The summed E-state index contributed by atoms with van der Waals surface area (Å²) >= 11 is 0. The molecule has 3 aliphatic heterocycles. The molecule has 0 aromatic rings. The minimum atomic E-state index is -1.99. The van der Waals surface area contributed by atoms with E-state index in [-0.39, 0.29) is 12.3 Å². The smallest absolute Gasteiger partial charge is 0.220 e. The monoisotopic (exact) mass is 1460 g/mol. The molecule has 104 heavy (non-hydrogen) atoms. The summed E-state index contributed by atoms with van der Waals surface area (Å²) in [5.41, 5.74) is 0. The highest BCUT2D eigenvalue weighted by molar-refractivity contribution is 5.76. The molecule has 0 saturated carbocycles. The highest BCUT2D eigenvalue weighted by Gasteiger charge is 2.53. The van der Waals surface area contributed by atoms with Crippen LogP contribution in [0.1, 0.15) is 226 Å². The lowest BCUT2D eigenvalue weighted by molar-refractivity contribution is -0.379. The van der Waals surface area contributed by atoms with Crippen LogP contribution in [0.15, 0.2) is 170 Å². The normalized spacial score (nSPS) is 26.9. The Kier molecular flexibility index (Phi) is 56.7. The molecule has 3 aliphatic rings. The highest BCUT2D eigenvalue weighted by atomic mass is 16.8. The SMILES string of the molecule is CC/C=C\C/C=C\C/C=C\C/C=C\C/C=C\C/C=C\C/C=C\C/C=C\C/C=C\C/C=C\C/C=C\CCCCCCCC(=O)NC(COC1OC(CO)C(OC2OC(CO)C(OC3OC(CO)C(O)C(O)C3O)C(O)C2O)C(O)C1O)C(O)/C=C/CC/C=C/CC/C=C/CCCCCCCCCCCC. The first-order chi connectivity index (χ1) is 50.8. The van der Waals surface area contributed by atoms with Gasteiger partial charge in [-0.05, 0) is 128 Å². The first-order valence-electron chi connectivity index (χ1n) is 39.4. The van der Waals surface area contributed by atoms with Gasteiger partial charge >= 0.3 is 0 Å². The van der Waals surface area contributed by atoms with Gasteiger partial charge in [-0.2, -0.15) is 0 Å². The van der Waals surface area contributed by atoms with E-state index in [1.807, 2.05) is 6.08 Å². The van der Waals surface area contributed by atoms with E-state index in [1.165, 1.54) is 64.2 Å². The largest absolute Gasteiger partial charge is 0.394 e. The number of hydrogen-bond donors (Lipinski definition) is 12. The van der Waals surface area contributed by atoms with Crippen LogP contribution in [0.25, 0.3) is 0 Å². The van der Waals surface area contributed by atoms with Gasteiger partial charge in [0.1, 0.15) is 73.2 Å². The molecule has 19 nitrogen and oxygen atoms in total. The number of unbranched alkanes of at least 4 members (excludes halogenated alkanes) is 17. The fraction of sp³-hybridized carbons (Fsp3) is 0.659. The molecule has 0 aliphatic carbocycles. The lowest BCUT2D eigenvalue weighted by Gasteiger charge is -2.48. The van der Waals surface area contributed by atoms with Crippen molar-refractivity contribution >= 4 is 5.91 Å². The predicted molar refractivity (Wildman–Crippen MR) is 415 cm³/mol. The van der Waals surface area contributed by atoms with Crippen molar-refractivity contribution in [3.63, 3.8) is 0 Å². The molecule has 0 aromatic heterocycles. The van der Waals surface area contributed by atoms with Gasteiger partial charge in [0.05, 0.1) is 38.6 Å². The van der Waals surface area contributed by atoms with Gasteiger partial charge in [-0.3, -0.25) is 4.79 Å². The minimum Gasteiger partial charge on any atom is -0.394 e. The zero-order chi connectivity index (χ0) is 75.3. The summed E-state index contributed by atoms with van der Waals surface area (Å²) in [6.45, 7) is 1.56. The third kappa shape index (κ3) is 42.6. The second-order valence-corrected chi connectivity index (χ2v) is 27.1. The van der Waals surface area contributed by atoms with E-state index >= 15 is 0 Å². The third-order valence-corrected chi connectivity index (χ3v) is 18.2. The van der Waals surface area contributed by atoms with Crippen molar-refractivity contribution in [3.05, 3.63) is 170 Å². The van der Waals surface area contributed by atoms with Crippen molar-refractivity contribution < 1.29 is 89.4 Å². The van der Waals surface area contributed by atoms with Gasteiger partial charge in [0.25, 0.3) is 0 Å². The third-order valence-electron chi connectivity index (χ3n) is 18.2. The number of ether oxygens (including phenoxy) is 6. The molecule has 19 heteroatoms. The van der Waals surface area contributed by atoms with Crippen LogP contribution in [0.2, 0.25) is 0 Å². The van der Waals surface area contributed by atoms with E-state index < -0.39 is 131 Å². The quantitative estimate of drug-likeness (QED) is 0.0199. The zero-order valence-electron chi connectivity index (χ0n) is 62.9. The summed E-state index contributed by atoms with van der Waals surface area (Å²) in [5.74, 6) is -0.315. The van der Waals surface area contributed by atoms with Crippen LogP contribution in [0.3, 0.4) is 0 Å². The average molecular weight is 1460 g/mol. The van der Waals surface area contributed by atoms with Gasteiger partial charge in [-0.15, -0.1) is 0 Å². The maximum Gasteiger partial charge on any atom is 0.220 e. The summed E-state index contributed by atoms with van der Waals surface area (Å²) in [6.07, 6.45) is 67.6. The summed E-state index contributed by atoms with van der Waals surface area (Å²) in [5, 5.41) is 121. The Balaban J connectivity index is 1.39. The summed E-state index contributed by atoms with van der Waals surface area (Å²) in [6, 6.07) is -1.02. The first kappa shape index (κ1) is 93.4. The molecule has 3 rings (SSSR count). The minimum absolute atomic E-state index is 0.198. The number of carbonyl (C=O) groups is 1. The molecule has 17 atom stereocenters. The topological polar surface area (TPSA) is 307 Å². The van der Waals surface area contributed by atoms with Crippen molar-refractivity contribution in [2.75, 3.05) is 26.4 Å². The number of aliphatic hydroxyl groups excluding tert-OH is 11. The average Bonchev–Trinajstić information content (AvgIpc) is 0.783. The van der Waals surface area contributed by atoms with E-state index in [2.05, 4.69) is 177 Å². The van der Waals surface area contributed by atoms with Crippen LogP contribution in [-0.4, -0.2) is 193 Å². The number of aliphatic hydroxyl groups is 11. The Morgan fingerprint density at radius 2 is 0.673 bits per heavy atom. The van der Waals surface area contributed by atoms with Crippen LogP contribution >= 0.6 is 0 Å². The second kappa shape index (κ2) is 63.1. The Bertz CT molecular complexity index is 2550. The maximum absolute atomic E-state index is 13.4. The summed E-state index contributed by atoms with van der Waals surface area (Å²) < 4.78 is 34.4. The fourth-order valence-corrected chi connectivity index (χ4v) is 11.9. The Labute approximate surface area is 624 Å². The molecule has 3 fully saturated rings. The predicted octanol–water partition coefficient (Wildman–Crippen LogP) is 13.0. The van der Waals surface area contributed by atoms with Gasteiger partial charge in [-0.1, -0.05) is 261 Å². The number of allylic oxidation sites excluding steroid dienone is 27. The van der Waals surface area contributed by atoms with Crippen LogP contribution < -0.4 is 5.32 Å². The highest BCUT2D eigenvalue weighted by Crippen LogP contribution is 2.33. The molecule has 3 heterocycles. The number of hydrogen-bond acceptors (Lipinski definition) is 18. The molecule has 0 radical (unpaired) electrons. The van der Waals surface area contributed by atoms with Gasteiger partial charge < -0.3 is 89.9 Å². The number of rotatable bonds is 59. The van der Waals surface area contributed by atoms with Gasteiger partial charge in [0, 0.05) is 6.42 Å².